The molecule has 0 bridgehead atoms. The van der Waals surface area contributed by atoms with Gasteiger partial charge in [-0.25, -0.2) is 9.78 Å². The van der Waals surface area contributed by atoms with Crippen molar-refractivity contribution in [3.05, 3.63) is 38.8 Å². The Hall–Kier alpha value is -2.12. The van der Waals surface area contributed by atoms with Crippen LogP contribution in [0.4, 0.5) is 5.69 Å². The summed E-state index contributed by atoms with van der Waals surface area (Å²) in [6.45, 7) is 3.11. The van der Waals surface area contributed by atoms with Crippen LogP contribution in [0.3, 0.4) is 0 Å². The van der Waals surface area contributed by atoms with Crippen molar-refractivity contribution < 1.29 is 19.1 Å². The number of aromatic nitrogens is 1. The Morgan fingerprint density at radius 2 is 2.09 bits per heavy atom. The van der Waals surface area contributed by atoms with E-state index in [9.17, 15) is 9.59 Å². The number of anilines is 1. The first-order valence-electron chi connectivity index (χ1n) is 6.65. The molecular formula is C15H15ClN2O4S. The molecule has 1 aromatic carbocycles. The molecule has 1 aromatic heterocycles. The van der Waals surface area contributed by atoms with Gasteiger partial charge < -0.3 is 14.8 Å². The first-order valence-corrected chi connectivity index (χ1v) is 7.84. The predicted octanol–water partition coefficient (Wildman–Crippen LogP) is 3.22. The molecule has 1 N–H and O–H groups in total. The number of thiazole rings is 1. The quantitative estimate of drug-likeness (QED) is 0.834. The number of benzene rings is 1. The number of amides is 1. The molecule has 0 aliphatic carbocycles. The minimum absolute atomic E-state index is 0.399. The molecule has 0 aliphatic heterocycles. The Kier molecular flexibility index (Phi) is 5.57. The highest BCUT2D eigenvalue weighted by atomic mass is 35.5. The van der Waals surface area contributed by atoms with Gasteiger partial charge in [-0.05, 0) is 32.0 Å². The van der Waals surface area contributed by atoms with E-state index in [2.05, 4.69) is 10.3 Å². The van der Waals surface area contributed by atoms with Gasteiger partial charge in [-0.15, -0.1) is 11.3 Å². The summed E-state index contributed by atoms with van der Waals surface area (Å²) in [5.41, 5.74) is 1.00. The molecule has 122 valence electrons. The third-order valence-corrected chi connectivity index (χ3v) is 4.15. The lowest BCUT2D eigenvalue weighted by atomic mass is 10.3. The van der Waals surface area contributed by atoms with Gasteiger partial charge in [-0.2, -0.15) is 0 Å². The van der Waals surface area contributed by atoms with Crippen LogP contribution in [-0.4, -0.2) is 30.6 Å². The molecule has 0 saturated heterocycles. The summed E-state index contributed by atoms with van der Waals surface area (Å²) in [7, 11) is 1.48. The smallest absolute Gasteiger partial charge is 0.350 e. The fraction of sp³-hybridized carbons (Fsp3) is 0.267. The maximum Gasteiger partial charge on any atom is 0.350 e. The number of halogens is 1. The fourth-order valence-electron chi connectivity index (χ4n) is 1.88. The van der Waals surface area contributed by atoms with Gasteiger partial charge in [0.2, 0.25) is 0 Å². The van der Waals surface area contributed by atoms with E-state index in [0.29, 0.717) is 27.0 Å². The molecule has 23 heavy (non-hydrogen) atoms. The van der Waals surface area contributed by atoms with E-state index in [4.69, 9.17) is 21.1 Å². The van der Waals surface area contributed by atoms with Crippen LogP contribution in [-0.2, 0) is 9.53 Å². The number of aryl methyl sites for hydroxylation is 2. The molecule has 2 rings (SSSR count). The van der Waals surface area contributed by atoms with Gasteiger partial charge in [0.25, 0.3) is 5.91 Å². The zero-order valence-corrected chi connectivity index (χ0v) is 14.4. The van der Waals surface area contributed by atoms with Crippen molar-refractivity contribution in [2.45, 2.75) is 13.8 Å². The summed E-state index contributed by atoms with van der Waals surface area (Å²) >= 11 is 7.12. The van der Waals surface area contributed by atoms with Crippen molar-refractivity contribution in [1.82, 2.24) is 4.98 Å². The number of nitrogens with one attached hydrogen (secondary N) is 1. The van der Waals surface area contributed by atoms with Crippen LogP contribution in [0, 0.1) is 13.8 Å². The SMILES string of the molecule is COc1ccc(Cl)cc1NC(=O)COC(=O)c1sc(C)nc1C. The maximum absolute atomic E-state index is 11.9. The highest BCUT2D eigenvalue weighted by molar-refractivity contribution is 7.13. The minimum Gasteiger partial charge on any atom is -0.495 e. The average Bonchev–Trinajstić information content (AvgIpc) is 2.84. The first-order chi connectivity index (χ1) is 10.9. The molecule has 8 heteroatoms. The number of esters is 1. The van der Waals surface area contributed by atoms with Gasteiger partial charge in [-0.1, -0.05) is 11.6 Å². The lowest BCUT2D eigenvalue weighted by Gasteiger charge is -2.10. The Bertz CT molecular complexity index is 745. The molecular weight excluding hydrogens is 340 g/mol. The Labute approximate surface area is 142 Å². The van der Waals surface area contributed by atoms with Crippen molar-refractivity contribution >= 4 is 40.5 Å². The molecule has 0 radical (unpaired) electrons. The van der Waals surface area contributed by atoms with Crippen LogP contribution in [0.25, 0.3) is 0 Å². The number of methoxy groups -OCH3 is 1. The molecule has 0 unspecified atom stereocenters. The fourth-order valence-corrected chi connectivity index (χ4v) is 2.87. The number of rotatable bonds is 5. The number of carbonyl (C=O) groups is 2. The Balaban J connectivity index is 1.97. The molecule has 2 aromatic rings. The topological polar surface area (TPSA) is 77.5 Å². The van der Waals surface area contributed by atoms with Gasteiger partial charge in [0.15, 0.2) is 6.61 Å². The molecule has 0 fully saturated rings. The van der Waals surface area contributed by atoms with E-state index < -0.39 is 18.5 Å². The van der Waals surface area contributed by atoms with Crippen LogP contribution >= 0.6 is 22.9 Å². The first kappa shape index (κ1) is 17.2. The highest BCUT2D eigenvalue weighted by Gasteiger charge is 2.17. The summed E-state index contributed by atoms with van der Waals surface area (Å²) in [4.78, 5) is 28.4. The molecule has 0 spiro atoms. The number of hydrogen-bond donors (Lipinski definition) is 1. The van der Waals surface area contributed by atoms with Crippen molar-refractivity contribution in [2.24, 2.45) is 0 Å². The van der Waals surface area contributed by atoms with Crippen LogP contribution in [0.5, 0.6) is 5.75 Å². The number of carbonyl (C=O) groups excluding carboxylic acids is 2. The van der Waals surface area contributed by atoms with Gasteiger partial charge in [0.1, 0.15) is 10.6 Å². The number of hydrogen-bond acceptors (Lipinski definition) is 6. The Morgan fingerprint density at radius 1 is 1.35 bits per heavy atom. The van der Waals surface area contributed by atoms with Crippen LogP contribution < -0.4 is 10.1 Å². The molecule has 0 atom stereocenters. The normalized spacial score (nSPS) is 10.3. The standard InChI is InChI=1S/C15H15ClN2O4S/c1-8-14(23-9(2)17-8)15(20)22-7-13(19)18-11-6-10(16)4-5-12(11)21-3/h4-6H,7H2,1-3H3,(H,18,19). The highest BCUT2D eigenvalue weighted by Crippen LogP contribution is 2.27. The number of ether oxygens (including phenoxy) is 2. The second-order valence-electron chi connectivity index (χ2n) is 4.62. The second kappa shape index (κ2) is 7.43. The molecule has 0 aliphatic rings. The van der Waals surface area contributed by atoms with E-state index in [1.165, 1.54) is 18.4 Å². The zero-order valence-electron chi connectivity index (χ0n) is 12.8. The monoisotopic (exact) mass is 354 g/mol. The third-order valence-electron chi connectivity index (χ3n) is 2.86. The van der Waals surface area contributed by atoms with Crippen LogP contribution in [0.1, 0.15) is 20.4 Å². The van der Waals surface area contributed by atoms with E-state index in [0.717, 1.165) is 5.01 Å². The minimum atomic E-state index is -0.568. The predicted molar refractivity (Wildman–Crippen MR) is 88.5 cm³/mol. The van der Waals surface area contributed by atoms with E-state index in [1.807, 2.05) is 0 Å². The second-order valence-corrected chi connectivity index (χ2v) is 6.26. The molecule has 1 heterocycles. The lowest BCUT2D eigenvalue weighted by Crippen LogP contribution is -2.21. The van der Waals surface area contributed by atoms with E-state index >= 15 is 0 Å². The van der Waals surface area contributed by atoms with Gasteiger partial charge in [0.05, 0.1) is 23.5 Å². The zero-order chi connectivity index (χ0) is 17.0. The Morgan fingerprint density at radius 3 is 2.70 bits per heavy atom. The molecule has 1 amide bonds. The van der Waals surface area contributed by atoms with Crippen molar-refractivity contribution in [1.29, 1.82) is 0 Å². The van der Waals surface area contributed by atoms with Gasteiger partial charge in [-0.3, -0.25) is 4.79 Å². The average molecular weight is 355 g/mol. The van der Waals surface area contributed by atoms with Crippen LogP contribution in [0.2, 0.25) is 5.02 Å². The summed E-state index contributed by atoms with van der Waals surface area (Å²) in [6, 6.07) is 4.83. The van der Waals surface area contributed by atoms with Crippen molar-refractivity contribution in [3.8, 4) is 5.75 Å². The van der Waals surface area contributed by atoms with E-state index in [1.54, 1.807) is 32.0 Å². The lowest BCUT2D eigenvalue weighted by molar-refractivity contribution is -0.119. The van der Waals surface area contributed by atoms with Gasteiger partial charge >= 0.3 is 5.97 Å². The largest absolute Gasteiger partial charge is 0.495 e. The summed E-state index contributed by atoms with van der Waals surface area (Å²) < 4.78 is 10.1. The number of nitrogens with zero attached hydrogens (tertiary/aromatic N) is 1. The summed E-state index contributed by atoms with van der Waals surface area (Å²) in [6.07, 6.45) is 0. The van der Waals surface area contributed by atoms with Gasteiger partial charge in [0, 0.05) is 5.02 Å². The maximum atomic E-state index is 11.9. The van der Waals surface area contributed by atoms with E-state index in [-0.39, 0.29) is 0 Å². The van der Waals surface area contributed by atoms with Crippen LogP contribution in [0.15, 0.2) is 18.2 Å². The van der Waals surface area contributed by atoms with Crippen molar-refractivity contribution in [3.63, 3.8) is 0 Å². The summed E-state index contributed by atoms with van der Waals surface area (Å²) in [5.74, 6) is -0.595. The summed E-state index contributed by atoms with van der Waals surface area (Å²) in [5, 5.41) is 3.81. The molecule has 0 saturated carbocycles. The van der Waals surface area contributed by atoms with Crippen molar-refractivity contribution in [2.75, 3.05) is 19.0 Å². The molecule has 6 nitrogen and oxygen atoms in total. The third kappa shape index (κ3) is 4.43.